The number of aliphatic hydroxyl groups is 1. The zero-order valence-electron chi connectivity index (χ0n) is 21.6. The Bertz CT molecular complexity index is 998. The lowest BCUT2D eigenvalue weighted by atomic mass is 9.73. The van der Waals surface area contributed by atoms with Gasteiger partial charge in [0.15, 0.2) is 0 Å². The topological polar surface area (TPSA) is 83.5 Å². The zero-order chi connectivity index (χ0) is 25.1. The maximum atomic E-state index is 12.2. The molecule has 0 bridgehead atoms. The molecule has 1 aromatic heterocycles. The van der Waals surface area contributed by atoms with Gasteiger partial charge in [-0.05, 0) is 49.1 Å². The molecule has 1 aliphatic heterocycles. The van der Waals surface area contributed by atoms with Gasteiger partial charge in [0, 0.05) is 36.7 Å². The standard InChI is InChI=1S/C29H41N3O3/c1-5-27(34)32-23(14-20-10-7-6-8-11-20)25(33)18-31-24-17-29(12-9-13-29)35-26-19-30-21(15-22(24)26)16-28(2,3)4/h6-8,10-11,15,19,23-25,31,33H,5,9,12-14,16-18H2,1-4H3,(H,32,34)/t23-,24-,25-/m0/s1. The molecule has 1 aliphatic carbocycles. The number of amides is 1. The molecule has 35 heavy (non-hydrogen) atoms. The minimum Gasteiger partial charge on any atom is -0.485 e. The first-order valence-electron chi connectivity index (χ1n) is 13.1. The van der Waals surface area contributed by atoms with E-state index in [1.54, 1.807) is 0 Å². The van der Waals surface area contributed by atoms with Gasteiger partial charge in [0.25, 0.3) is 0 Å². The Labute approximate surface area is 209 Å². The van der Waals surface area contributed by atoms with Crippen molar-refractivity contribution >= 4 is 5.91 Å². The van der Waals surface area contributed by atoms with Crippen molar-refractivity contribution in [2.24, 2.45) is 5.41 Å². The highest BCUT2D eigenvalue weighted by Crippen LogP contribution is 2.48. The van der Waals surface area contributed by atoms with Crippen LogP contribution in [0.4, 0.5) is 0 Å². The largest absolute Gasteiger partial charge is 0.485 e. The van der Waals surface area contributed by atoms with E-state index >= 15 is 0 Å². The molecule has 3 atom stereocenters. The van der Waals surface area contributed by atoms with Gasteiger partial charge in [-0.2, -0.15) is 0 Å². The monoisotopic (exact) mass is 479 g/mol. The lowest BCUT2D eigenvalue weighted by Gasteiger charge is -2.48. The number of ether oxygens (including phenoxy) is 1. The zero-order valence-corrected chi connectivity index (χ0v) is 21.6. The number of carbonyl (C=O) groups excluding carboxylic acids is 1. The lowest BCUT2D eigenvalue weighted by molar-refractivity contribution is -0.122. The summed E-state index contributed by atoms with van der Waals surface area (Å²) in [5.41, 5.74) is 3.31. The third-order valence-electron chi connectivity index (χ3n) is 7.21. The smallest absolute Gasteiger partial charge is 0.220 e. The van der Waals surface area contributed by atoms with E-state index in [0.29, 0.717) is 19.4 Å². The van der Waals surface area contributed by atoms with Crippen LogP contribution in [0.25, 0.3) is 0 Å². The summed E-state index contributed by atoms with van der Waals surface area (Å²) in [5, 5.41) is 17.9. The van der Waals surface area contributed by atoms with E-state index in [2.05, 4.69) is 37.5 Å². The van der Waals surface area contributed by atoms with Crippen LogP contribution >= 0.6 is 0 Å². The fourth-order valence-corrected chi connectivity index (χ4v) is 5.18. The van der Waals surface area contributed by atoms with Crippen LogP contribution in [0.5, 0.6) is 5.75 Å². The summed E-state index contributed by atoms with van der Waals surface area (Å²) in [6.07, 6.45) is 7.22. The van der Waals surface area contributed by atoms with Crippen molar-refractivity contribution in [3.8, 4) is 5.75 Å². The van der Waals surface area contributed by atoms with Gasteiger partial charge >= 0.3 is 0 Å². The molecule has 0 radical (unpaired) electrons. The maximum Gasteiger partial charge on any atom is 0.220 e. The van der Waals surface area contributed by atoms with Gasteiger partial charge in [-0.1, -0.05) is 58.0 Å². The highest BCUT2D eigenvalue weighted by atomic mass is 16.5. The molecule has 2 aromatic rings. The van der Waals surface area contributed by atoms with Crippen LogP contribution in [0.1, 0.15) is 82.7 Å². The predicted molar refractivity (Wildman–Crippen MR) is 138 cm³/mol. The molecule has 3 N–H and O–H groups in total. The van der Waals surface area contributed by atoms with Crippen LogP contribution in [0.2, 0.25) is 0 Å². The summed E-state index contributed by atoms with van der Waals surface area (Å²) in [6, 6.07) is 11.9. The number of fused-ring (bicyclic) bond motifs is 1. The number of rotatable bonds is 9. The molecule has 4 rings (SSSR count). The van der Waals surface area contributed by atoms with Crippen molar-refractivity contribution < 1.29 is 14.6 Å². The number of carbonyl (C=O) groups is 1. The van der Waals surface area contributed by atoms with E-state index in [1.165, 1.54) is 6.42 Å². The number of aromatic nitrogens is 1. The van der Waals surface area contributed by atoms with E-state index in [4.69, 9.17) is 9.72 Å². The normalized spacial score (nSPS) is 20.3. The van der Waals surface area contributed by atoms with E-state index in [0.717, 1.165) is 48.3 Å². The summed E-state index contributed by atoms with van der Waals surface area (Å²) in [7, 11) is 0. The molecule has 0 unspecified atom stereocenters. The maximum absolute atomic E-state index is 12.2. The van der Waals surface area contributed by atoms with Gasteiger partial charge in [-0.25, -0.2) is 0 Å². The van der Waals surface area contributed by atoms with Gasteiger partial charge in [0.05, 0.1) is 18.3 Å². The number of pyridine rings is 1. The van der Waals surface area contributed by atoms with Crippen LogP contribution in [-0.4, -0.2) is 40.3 Å². The molecule has 1 spiro atoms. The second kappa shape index (κ2) is 10.7. The molecule has 2 aliphatic rings. The van der Waals surface area contributed by atoms with Crippen LogP contribution in [0.15, 0.2) is 42.6 Å². The molecule has 1 fully saturated rings. The van der Waals surface area contributed by atoms with E-state index in [9.17, 15) is 9.90 Å². The average Bonchev–Trinajstić information content (AvgIpc) is 2.80. The van der Waals surface area contributed by atoms with Crippen molar-refractivity contribution in [3.63, 3.8) is 0 Å². The summed E-state index contributed by atoms with van der Waals surface area (Å²) in [5.74, 6) is 0.813. The second-order valence-corrected chi connectivity index (χ2v) is 11.5. The molecule has 0 saturated heterocycles. The molecule has 190 valence electrons. The van der Waals surface area contributed by atoms with Gasteiger partial charge in [-0.3, -0.25) is 9.78 Å². The molecule has 2 heterocycles. The van der Waals surface area contributed by atoms with E-state index in [-0.39, 0.29) is 29.0 Å². The minimum atomic E-state index is -0.717. The lowest BCUT2D eigenvalue weighted by Crippen LogP contribution is -2.52. The van der Waals surface area contributed by atoms with Gasteiger partial charge < -0.3 is 20.5 Å². The number of nitrogens with one attached hydrogen (secondary N) is 2. The SMILES string of the molecule is CCC(=O)N[C@@H](Cc1ccccc1)[C@@H](O)CN[C@H]1CC2(CCC2)Oc2cnc(CC(C)(C)C)cc21. The Balaban J connectivity index is 1.50. The van der Waals surface area contributed by atoms with Crippen molar-refractivity contribution in [1.82, 2.24) is 15.6 Å². The van der Waals surface area contributed by atoms with Crippen LogP contribution in [-0.2, 0) is 17.6 Å². The Morgan fingerprint density at radius 2 is 2.00 bits per heavy atom. The van der Waals surface area contributed by atoms with Crippen LogP contribution < -0.4 is 15.4 Å². The van der Waals surface area contributed by atoms with Crippen LogP contribution in [0.3, 0.4) is 0 Å². The van der Waals surface area contributed by atoms with Gasteiger partial charge in [-0.15, -0.1) is 0 Å². The molecule has 6 nitrogen and oxygen atoms in total. The third-order valence-corrected chi connectivity index (χ3v) is 7.21. The molecule has 1 amide bonds. The first kappa shape index (κ1) is 25.6. The fraction of sp³-hybridized carbons (Fsp3) is 0.586. The number of hydrogen-bond donors (Lipinski definition) is 3. The summed E-state index contributed by atoms with van der Waals surface area (Å²) >= 11 is 0. The Kier molecular flexibility index (Phi) is 7.82. The van der Waals surface area contributed by atoms with Gasteiger partial charge in [0.1, 0.15) is 11.4 Å². The summed E-state index contributed by atoms with van der Waals surface area (Å²) in [6.45, 7) is 8.88. The minimum absolute atomic E-state index is 0.0484. The fourth-order valence-electron chi connectivity index (χ4n) is 5.18. The Hall–Kier alpha value is -2.44. The second-order valence-electron chi connectivity index (χ2n) is 11.5. The molecular weight excluding hydrogens is 438 g/mol. The van der Waals surface area contributed by atoms with Crippen molar-refractivity contribution in [2.75, 3.05) is 6.54 Å². The van der Waals surface area contributed by atoms with Crippen molar-refractivity contribution in [3.05, 3.63) is 59.4 Å². The van der Waals surface area contributed by atoms with Crippen molar-refractivity contribution in [1.29, 1.82) is 0 Å². The first-order valence-corrected chi connectivity index (χ1v) is 13.1. The number of benzene rings is 1. The predicted octanol–water partition coefficient (Wildman–Crippen LogP) is 4.50. The van der Waals surface area contributed by atoms with Crippen LogP contribution in [0, 0.1) is 5.41 Å². The summed E-state index contributed by atoms with van der Waals surface area (Å²) in [4.78, 5) is 16.9. The van der Waals surface area contributed by atoms with E-state index in [1.807, 2.05) is 43.5 Å². The number of hydrogen-bond acceptors (Lipinski definition) is 5. The quantitative estimate of drug-likeness (QED) is 0.493. The average molecular weight is 480 g/mol. The third kappa shape index (κ3) is 6.62. The van der Waals surface area contributed by atoms with Crippen molar-refractivity contribution in [2.45, 2.75) is 96.4 Å². The first-order chi connectivity index (χ1) is 16.7. The molecule has 6 heteroatoms. The van der Waals surface area contributed by atoms with E-state index < -0.39 is 6.10 Å². The molecule has 1 saturated carbocycles. The highest BCUT2D eigenvalue weighted by Gasteiger charge is 2.46. The highest BCUT2D eigenvalue weighted by molar-refractivity contribution is 5.75. The molecule has 1 aromatic carbocycles. The van der Waals surface area contributed by atoms with Gasteiger partial charge in [0.2, 0.25) is 5.91 Å². The summed E-state index contributed by atoms with van der Waals surface area (Å²) < 4.78 is 6.45. The number of aliphatic hydroxyl groups excluding tert-OH is 1. The molecular formula is C29H41N3O3. The Morgan fingerprint density at radius 3 is 2.63 bits per heavy atom. The number of nitrogens with zero attached hydrogens (tertiary/aromatic N) is 1. The Morgan fingerprint density at radius 1 is 1.26 bits per heavy atom.